The monoisotopic (exact) mass is 218 g/mol. The van der Waals surface area contributed by atoms with Gasteiger partial charge in [-0.25, -0.2) is 0 Å². The van der Waals surface area contributed by atoms with E-state index in [0.717, 1.165) is 19.3 Å². The molecule has 0 aliphatic heterocycles. The second kappa shape index (κ2) is 5.92. The Balaban J connectivity index is 2.59. The summed E-state index contributed by atoms with van der Waals surface area (Å²) in [5.74, 6) is 3.96. The molecular weight excluding hydrogens is 196 g/mol. The first kappa shape index (κ1) is 13.1. The van der Waals surface area contributed by atoms with Crippen molar-refractivity contribution in [1.29, 1.82) is 5.26 Å². The number of terminal acetylenes is 1. The molecule has 2 unspecified atom stereocenters. The zero-order valence-corrected chi connectivity index (χ0v) is 10.4. The number of rotatable bonds is 4. The predicted molar refractivity (Wildman–Crippen MR) is 66.6 cm³/mol. The zero-order valence-electron chi connectivity index (χ0n) is 10.4. The molecule has 1 N–H and O–H groups in total. The smallest absolute Gasteiger partial charge is 0.107 e. The topological polar surface area (TPSA) is 35.8 Å². The molecule has 2 atom stereocenters. The maximum absolute atomic E-state index is 9.34. The zero-order chi connectivity index (χ0) is 12.0. The van der Waals surface area contributed by atoms with Gasteiger partial charge in [0.2, 0.25) is 0 Å². The van der Waals surface area contributed by atoms with Gasteiger partial charge in [0.25, 0.3) is 0 Å². The molecule has 1 fully saturated rings. The first-order valence-corrected chi connectivity index (χ1v) is 6.21. The molecule has 2 heteroatoms. The molecule has 0 aromatic heterocycles. The molecule has 16 heavy (non-hydrogen) atoms. The number of hydrogen-bond donors (Lipinski definition) is 1. The molecule has 0 bridgehead atoms. The van der Waals surface area contributed by atoms with E-state index in [2.05, 4.69) is 31.2 Å². The second-order valence-corrected chi connectivity index (χ2v) is 5.34. The van der Waals surface area contributed by atoms with E-state index in [9.17, 15) is 5.26 Å². The fourth-order valence-corrected chi connectivity index (χ4v) is 2.78. The predicted octanol–water partition coefficient (Wildman–Crippen LogP) is 2.71. The van der Waals surface area contributed by atoms with Crippen molar-refractivity contribution in [2.45, 2.75) is 51.5 Å². The highest BCUT2D eigenvalue weighted by Gasteiger charge is 2.35. The van der Waals surface area contributed by atoms with Crippen molar-refractivity contribution in [1.82, 2.24) is 5.32 Å². The van der Waals surface area contributed by atoms with Crippen molar-refractivity contribution in [2.75, 3.05) is 6.54 Å². The summed E-state index contributed by atoms with van der Waals surface area (Å²) in [7, 11) is 0. The standard InChI is InChI=1S/C14H22N2/c1-4-8-16-14(11-15)7-5-6-13(10-14)9-12(2)3/h1,12-13,16H,5-10H2,2-3H3. The van der Waals surface area contributed by atoms with Gasteiger partial charge in [-0.15, -0.1) is 6.42 Å². The maximum Gasteiger partial charge on any atom is 0.107 e. The first-order chi connectivity index (χ1) is 7.62. The van der Waals surface area contributed by atoms with Gasteiger partial charge in [0.05, 0.1) is 12.6 Å². The van der Waals surface area contributed by atoms with E-state index in [-0.39, 0.29) is 5.54 Å². The van der Waals surface area contributed by atoms with Crippen LogP contribution >= 0.6 is 0 Å². The summed E-state index contributed by atoms with van der Waals surface area (Å²) in [6.45, 7) is 5.00. The summed E-state index contributed by atoms with van der Waals surface area (Å²) >= 11 is 0. The average Bonchev–Trinajstić information content (AvgIpc) is 2.26. The first-order valence-electron chi connectivity index (χ1n) is 6.21. The van der Waals surface area contributed by atoms with Crippen molar-refractivity contribution in [3.8, 4) is 18.4 Å². The van der Waals surface area contributed by atoms with E-state index in [0.29, 0.717) is 18.4 Å². The molecule has 0 aromatic rings. The summed E-state index contributed by atoms with van der Waals surface area (Å²) in [5.41, 5.74) is -0.357. The van der Waals surface area contributed by atoms with Crippen LogP contribution in [0, 0.1) is 35.5 Å². The average molecular weight is 218 g/mol. The second-order valence-electron chi connectivity index (χ2n) is 5.34. The van der Waals surface area contributed by atoms with Gasteiger partial charge in [0.15, 0.2) is 0 Å². The van der Waals surface area contributed by atoms with Gasteiger partial charge in [-0.3, -0.25) is 5.32 Å². The fraction of sp³-hybridized carbons (Fsp3) is 0.786. The molecule has 0 saturated heterocycles. The van der Waals surface area contributed by atoms with Crippen LogP contribution in [0.5, 0.6) is 0 Å². The lowest BCUT2D eigenvalue weighted by Gasteiger charge is -2.36. The molecule has 1 rings (SSSR count). The molecule has 1 aliphatic carbocycles. The molecular formula is C14H22N2. The van der Waals surface area contributed by atoms with Gasteiger partial charge >= 0.3 is 0 Å². The Morgan fingerprint density at radius 2 is 2.31 bits per heavy atom. The lowest BCUT2D eigenvalue weighted by molar-refractivity contribution is 0.212. The number of hydrogen-bond acceptors (Lipinski definition) is 2. The van der Waals surface area contributed by atoms with Crippen LogP contribution in [0.1, 0.15) is 46.0 Å². The van der Waals surface area contributed by atoms with Crippen LogP contribution in [0.25, 0.3) is 0 Å². The summed E-state index contributed by atoms with van der Waals surface area (Å²) in [4.78, 5) is 0. The number of nitrogens with zero attached hydrogens (tertiary/aromatic N) is 1. The summed E-state index contributed by atoms with van der Waals surface area (Å²) in [6.07, 6.45) is 10.8. The largest absolute Gasteiger partial charge is 0.288 e. The highest BCUT2D eigenvalue weighted by molar-refractivity contribution is 5.11. The van der Waals surface area contributed by atoms with Crippen LogP contribution in [0.2, 0.25) is 0 Å². The number of nitrogens with one attached hydrogen (secondary N) is 1. The third-order valence-electron chi connectivity index (χ3n) is 3.40. The Hall–Kier alpha value is -0.990. The highest BCUT2D eigenvalue weighted by Crippen LogP contribution is 2.35. The van der Waals surface area contributed by atoms with Crippen molar-refractivity contribution in [3.63, 3.8) is 0 Å². The van der Waals surface area contributed by atoms with Gasteiger partial charge in [-0.2, -0.15) is 5.26 Å². The third-order valence-corrected chi connectivity index (χ3v) is 3.40. The van der Waals surface area contributed by atoms with E-state index in [1.165, 1.54) is 12.8 Å². The van der Waals surface area contributed by atoms with Crippen LogP contribution in [0.3, 0.4) is 0 Å². The third kappa shape index (κ3) is 3.54. The number of nitriles is 1. The van der Waals surface area contributed by atoms with Gasteiger partial charge in [-0.1, -0.05) is 32.6 Å². The van der Waals surface area contributed by atoms with Gasteiger partial charge in [0.1, 0.15) is 5.54 Å². The SMILES string of the molecule is C#CCNC1(C#N)CCCC(CC(C)C)C1. The van der Waals surface area contributed by atoms with E-state index in [4.69, 9.17) is 6.42 Å². The van der Waals surface area contributed by atoms with Crippen molar-refractivity contribution >= 4 is 0 Å². The lowest BCUT2D eigenvalue weighted by Crippen LogP contribution is -2.47. The van der Waals surface area contributed by atoms with Crippen LogP contribution in [0.15, 0.2) is 0 Å². The van der Waals surface area contributed by atoms with Crippen molar-refractivity contribution in [3.05, 3.63) is 0 Å². The minimum absolute atomic E-state index is 0.357. The van der Waals surface area contributed by atoms with Crippen LogP contribution < -0.4 is 5.32 Å². The molecule has 0 radical (unpaired) electrons. The Kier molecular flexibility index (Phi) is 4.84. The minimum Gasteiger partial charge on any atom is -0.288 e. The fourth-order valence-electron chi connectivity index (χ4n) is 2.78. The normalized spacial score (nSPS) is 29.7. The van der Waals surface area contributed by atoms with Crippen molar-refractivity contribution in [2.24, 2.45) is 11.8 Å². The van der Waals surface area contributed by atoms with E-state index in [1.54, 1.807) is 0 Å². The molecule has 1 saturated carbocycles. The lowest BCUT2D eigenvalue weighted by atomic mass is 9.74. The van der Waals surface area contributed by atoms with Gasteiger partial charge < -0.3 is 0 Å². The molecule has 2 nitrogen and oxygen atoms in total. The minimum atomic E-state index is -0.357. The van der Waals surface area contributed by atoms with E-state index >= 15 is 0 Å². The van der Waals surface area contributed by atoms with E-state index < -0.39 is 0 Å². The highest BCUT2D eigenvalue weighted by atomic mass is 15.0. The van der Waals surface area contributed by atoms with Crippen LogP contribution in [-0.2, 0) is 0 Å². The van der Waals surface area contributed by atoms with Gasteiger partial charge in [-0.05, 0) is 31.1 Å². The molecule has 0 aromatic carbocycles. The molecule has 88 valence electrons. The maximum atomic E-state index is 9.34. The van der Waals surface area contributed by atoms with Crippen LogP contribution in [-0.4, -0.2) is 12.1 Å². The van der Waals surface area contributed by atoms with Crippen LogP contribution in [0.4, 0.5) is 0 Å². The van der Waals surface area contributed by atoms with Gasteiger partial charge in [0, 0.05) is 0 Å². The summed E-state index contributed by atoms with van der Waals surface area (Å²) in [5, 5.41) is 12.6. The Bertz CT molecular complexity index is 295. The Labute approximate surface area is 99.4 Å². The molecule has 0 heterocycles. The molecule has 0 spiro atoms. The Morgan fingerprint density at radius 3 is 2.88 bits per heavy atom. The summed E-state index contributed by atoms with van der Waals surface area (Å²) in [6, 6.07) is 2.45. The quantitative estimate of drug-likeness (QED) is 0.736. The Morgan fingerprint density at radius 1 is 1.56 bits per heavy atom. The van der Waals surface area contributed by atoms with E-state index in [1.807, 2.05) is 0 Å². The molecule has 0 amide bonds. The summed E-state index contributed by atoms with van der Waals surface area (Å²) < 4.78 is 0. The molecule has 1 aliphatic rings. The van der Waals surface area contributed by atoms with Crippen molar-refractivity contribution < 1.29 is 0 Å².